The van der Waals surface area contributed by atoms with Gasteiger partial charge in [0.15, 0.2) is 0 Å². The lowest BCUT2D eigenvalue weighted by Gasteiger charge is -2.60. The second-order valence-electron chi connectivity index (χ2n) is 9.31. The summed E-state index contributed by atoms with van der Waals surface area (Å²) in [5, 5.41) is 7.77. The maximum Gasteiger partial charge on any atom is 0.226 e. The number of imidazole rings is 1. The first-order chi connectivity index (χ1) is 13.6. The smallest absolute Gasteiger partial charge is 0.226 e. The fraction of sp³-hybridized carbons (Fsp3) is 0.714. The number of nitrogens with one attached hydrogen (secondary N) is 1. The molecule has 4 fully saturated rings. The minimum atomic E-state index is -0.209. The van der Waals surface area contributed by atoms with Crippen molar-refractivity contribution in [2.45, 2.75) is 70.4 Å². The van der Waals surface area contributed by atoms with Crippen molar-refractivity contribution in [2.75, 3.05) is 6.54 Å². The molecule has 150 valence electrons. The molecule has 2 heterocycles. The van der Waals surface area contributed by atoms with E-state index in [0.717, 1.165) is 63.9 Å². The standard InChI is InChI=1S/C21H30N6O/c1-2-18-23-5-7-26(18)6-3-4-24-19(28)20-9-16-8-17(10-20)12-21(11-16,13-20)27-15-22-14-25-27/h5,7,14-17H,2-4,6,8-13H2,1H3,(H,24,28). The van der Waals surface area contributed by atoms with Crippen LogP contribution in [-0.4, -0.2) is 36.8 Å². The van der Waals surface area contributed by atoms with Crippen molar-refractivity contribution >= 4 is 5.91 Å². The van der Waals surface area contributed by atoms with E-state index >= 15 is 0 Å². The molecule has 0 saturated heterocycles. The second-order valence-corrected chi connectivity index (χ2v) is 9.31. The van der Waals surface area contributed by atoms with Crippen molar-refractivity contribution < 1.29 is 4.79 Å². The van der Waals surface area contributed by atoms with Gasteiger partial charge in [-0.2, -0.15) is 5.10 Å². The second kappa shape index (κ2) is 6.71. The van der Waals surface area contributed by atoms with Crippen LogP contribution in [0, 0.1) is 17.3 Å². The Morgan fingerprint density at radius 1 is 1.29 bits per heavy atom. The molecule has 28 heavy (non-hydrogen) atoms. The molecule has 7 heteroatoms. The van der Waals surface area contributed by atoms with Gasteiger partial charge in [0.25, 0.3) is 0 Å². The quantitative estimate of drug-likeness (QED) is 0.747. The van der Waals surface area contributed by atoms with Gasteiger partial charge in [-0.05, 0) is 56.8 Å². The fourth-order valence-electron chi connectivity index (χ4n) is 6.70. The van der Waals surface area contributed by atoms with E-state index in [0.29, 0.717) is 11.8 Å². The molecule has 0 aromatic carbocycles. The molecule has 0 spiro atoms. The van der Waals surface area contributed by atoms with Crippen LogP contribution in [0.4, 0.5) is 0 Å². The summed E-state index contributed by atoms with van der Waals surface area (Å²) in [6.07, 6.45) is 15.9. The number of rotatable bonds is 7. The van der Waals surface area contributed by atoms with Crippen molar-refractivity contribution in [3.63, 3.8) is 0 Å². The number of hydrogen-bond donors (Lipinski definition) is 1. The van der Waals surface area contributed by atoms with Gasteiger partial charge < -0.3 is 9.88 Å². The Morgan fingerprint density at radius 3 is 2.82 bits per heavy atom. The molecule has 1 N–H and O–H groups in total. The first-order valence-electron chi connectivity index (χ1n) is 10.8. The van der Waals surface area contributed by atoms with Crippen LogP contribution in [0.25, 0.3) is 0 Å². The zero-order valence-corrected chi connectivity index (χ0v) is 16.7. The van der Waals surface area contributed by atoms with E-state index in [1.807, 2.05) is 18.7 Å². The molecule has 1 amide bonds. The van der Waals surface area contributed by atoms with Crippen LogP contribution in [0.2, 0.25) is 0 Å². The van der Waals surface area contributed by atoms with Gasteiger partial charge in [-0.15, -0.1) is 0 Å². The van der Waals surface area contributed by atoms with Crippen LogP contribution in [0.5, 0.6) is 0 Å². The zero-order chi connectivity index (χ0) is 19.2. The van der Waals surface area contributed by atoms with Crippen molar-refractivity contribution in [2.24, 2.45) is 17.3 Å². The highest BCUT2D eigenvalue weighted by Gasteiger charge is 2.61. The molecular formula is C21H30N6O. The number of aryl methyl sites for hydroxylation is 2. The van der Waals surface area contributed by atoms with Gasteiger partial charge in [0.2, 0.25) is 5.91 Å². The number of carbonyl (C=O) groups is 1. The van der Waals surface area contributed by atoms with Crippen LogP contribution in [0.3, 0.4) is 0 Å². The largest absolute Gasteiger partial charge is 0.356 e. The van der Waals surface area contributed by atoms with Crippen LogP contribution in [-0.2, 0) is 23.3 Å². The molecule has 4 bridgehead atoms. The topological polar surface area (TPSA) is 77.6 Å². The van der Waals surface area contributed by atoms with Gasteiger partial charge in [-0.3, -0.25) is 4.79 Å². The molecule has 0 aliphatic heterocycles. The summed E-state index contributed by atoms with van der Waals surface area (Å²) in [5.41, 5.74) is -0.204. The lowest BCUT2D eigenvalue weighted by Crippen LogP contribution is -2.61. The van der Waals surface area contributed by atoms with Crippen molar-refractivity contribution in [1.29, 1.82) is 0 Å². The van der Waals surface area contributed by atoms with Crippen LogP contribution < -0.4 is 5.32 Å². The first-order valence-corrected chi connectivity index (χ1v) is 10.8. The average Bonchev–Trinajstić information content (AvgIpc) is 3.36. The SMILES string of the molecule is CCc1nccn1CCCNC(=O)C12CC3CC(C1)CC(n1cncn1)(C3)C2. The summed E-state index contributed by atoms with van der Waals surface area (Å²) in [6, 6.07) is 0. The van der Waals surface area contributed by atoms with E-state index in [4.69, 9.17) is 0 Å². The lowest BCUT2D eigenvalue weighted by molar-refractivity contribution is -0.156. The third-order valence-corrected chi connectivity index (χ3v) is 7.40. The predicted octanol–water partition coefficient (Wildman–Crippen LogP) is 2.54. The number of nitrogens with zero attached hydrogens (tertiary/aromatic N) is 5. The van der Waals surface area contributed by atoms with Gasteiger partial charge in [-0.25, -0.2) is 14.6 Å². The van der Waals surface area contributed by atoms with Gasteiger partial charge in [-0.1, -0.05) is 6.92 Å². The summed E-state index contributed by atoms with van der Waals surface area (Å²) in [6.45, 7) is 3.76. The highest BCUT2D eigenvalue weighted by Crippen LogP contribution is 2.64. The van der Waals surface area contributed by atoms with Gasteiger partial charge in [0.1, 0.15) is 18.5 Å². The van der Waals surface area contributed by atoms with E-state index in [9.17, 15) is 4.79 Å². The Bertz CT molecular complexity index is 827. The highest BCUT2D eigenvalue weighted by molar-refractivity contribution is 5.83. The van der Waals surface area contributed by atoms with E-state index < -0.39 is 0 Å². The molecule has 2 atom stereocenters. The molecule has 0 radical (unpaired) electrons. The fourth-order valence-corrected chi connectivity index (χ4v) is 6.70. The molecule has 2 aromatic rings. The predicted molar refractivity (Wildman–Crippen MR) is 104 cm³/mol. The Kier molecular flexibility index (Phi) is 4.29. The summed E-state index contributed by atoms with van der Waals surface area (Å²) in [5.74, 6) is 2.68. The maximum atomic E-state index is 13.3. The van der Waals surface area contributed by atoms with E-state index in [-0.39, 0.29) is 16.9 Å². The van der Waals surface area contributed by atoms with Gasteiger partial charge in [0.05, 0.1) is 11.0 Å². The van der Waals surface area contributed by atoms with Gasteiger partial charge >= 0.3 is 0 Å². The van der Waals surface area contributed by atoms with Crippen LogP contribution >= 0.6 is 0 Å². The first kappa shape index (κ1) is 17.9. The number of carbonyl (C=O) groups excluding carboxylic acids is 1. The Labute approximate surface area is 165 Å². The Balaban J connectivity index is 1.25. The molecule has 7 nitrogen and oxygen atoms in total. The monoisotopic (exact) mass is 382 g/mol. The molecule has 2 aromatic heterocycles. The lowest BCUT2D eigenvalue weighted by atomic mass is 9.46. The minimum absolute atomic E-state index is 0.00472. The average molecular weight is 383 g/mol. The molecule has 4 aliphatic carbocycles. The van der Waals surface area contributed by atoms with Crippen LogP contribution in [0.15, 0.2) is 25.0 Å². The van der Waals surface area contributed by atoms with E-state index in [1.54, 1.807) is 6.33 Å². The minimum Gasteiger partial charge on any atom is -0.356 e. The van der Waals surface area contributed by atoms with E-state index in [2.05, 4.69) is 36.6 Å². The third-order valence-electron chi connectivity index (χ3n) is 7.40. The summed E-state index contributed by atoms with van der Waals surface area (Å²) < 4.78 is 4.26. The molecule has 4 saturated carbocycles. The number of aromatic nitrogens is 5. The molecule has 4 aliphatic rings. The van der Waals surface area contributed by atoms with E-state index in [1.165, 1.54) is 6.42 Å². The Morgan fingerprint density at radius 2 is 2.11 bits per heavy atom. The number of hydrogen-bond acceptors (Lipinski definition) is 4. The van der Waals surface area contributed by atoms with Gasteiger partial charge in [0, 0.05) is 31.9 Å². The third kappa shape index (κ3) is 2.86. The summed E-state index contributed by atoms with van der Waals surface area (Å²) in [7, 11) is 0. The summed E-state index contributed by atoms with van der Waals surface area (Å²) in [4.78, 5) is 21.9. The molecule has 6 rings (SSSR count). The Hall–Kier alpha value is -2.18. The highest BCUT2D eigenvalue weighted by atomic mass is 16.2. The zero-order valence-electron chi connectivity index (χ0n) is 16.7. The summed E-state index contributed by atoms with van der Waals surface area (Å²) >= 11 is 0. The maximum absolute atomic E-state index is 13.3. The van der Waals surface area contributed by atoms with Crippen molar-refractivity contribution in [3.05, 3.63) is 30.9 Å². The normalized spacial score (nSPS) is 33.3. The molecule has 2 unspecified atom stereocenters. The number of amides is 1. The molecular weight excluding hydrogens is 352 g/mol. The van der Waals surface area contributed by atoms with Crippen molar-refractivity contribution in [1.82, 2.24) is 29.6 Å². The van der Waals surface area contributed by atoms with Crippen LogP contribution in [0.1, 0.15) is 57.7 Å². The van der Waals surface area contributed by atoms with Crippen molar-refractivity contribution in [3.8, 4) is 0 Å².